The molecule has 0 aromatic heterocycles. The van der Waals surface area contributed by atoms with Crippen LogP contribution in [0.2, 0.25) is 5.02 Å². The average Bonchev–Trinajstić information content (AvgIpc) is 2.32. The molecule has 0 aliphatic carbocycles. The lowest BCUT2D eigenvalue weighted by atomic mass is 10.2. The van der Waals surface area contributed by atoms with Crippen molar-refractivity contribution in [3.8, 4) is 0 Å². The van der Waals surface area contributed by atoms with Crippen LogP contribution in [0.25, 0.3) is 0 Å². The van der Waals surface area contributed by atoms with Crippen LogP contribution in [-0.4, -0.2) is 34.2 Å². The quantitative estimate of drug-likeness (QED) is 0.660. The Balaban J connectivity index is 2.67. The number of carboxylic acid groups (broad SMARTS) is 2. The number of urea groups is 1. The summed E-state index contributed by atoms with van der Waals surface area (Å²) >= 11 is 5.88. The topological polar surface area (TPSA) is 116 Å². The second-order valence-corrected chi connectivity index (χ2v) is 4.46. The molecular formula is C12H13ClN2O5. The molecule has 1 aromatic rings. The van der Waals surface area contributed by atoms with Crippen LogP contribution >= 0.6 is 11.6 Å². The van der Waals surface area contributed by atoms with Gasteiger partial charge in [-0.2, -0.15) is 0 Å². The Bertz CT molecular complexity index is 547. The summed E-state index contributed by atoms with van der Waals surface area (Å²) < 4.78 is 0. The Morgan fingerprint density at radius 2 is 1.95 bits per heavy atom. The first-order chi connectivity index (χ1) is 9.29. The van der Waals surface area contributed by atoms with E-state index in [-0.39, 0.29) is 0 Å². The van der Waals surface area contributed by atoms with E-state index in [0.29, 0.717) is 10.7 Å². The third kappa shape index (κ3) is 4.77. The summed E-state index contributed by atoms with van der Waals surface area (Å²) in [6, 6.07) is 2.45. The van der Waals surface area contributed by atoms with Crippen molar-refractivity contribution in [1.82, 2.24) is 5.32 Å². The Morgan fingerprint density at radius 3 is 2.45 bits per heavy atom. The third-order valence-electron chi connectivity index (χ3n) is 2.41. The average molecular weight is 301 g/mol. The number of hydrogen-bond donors (Lipinski definition) is 4. The molecule has 8 heteroatoms. The number of aliphatic carboxylic acids is 2. The van der Waals surface area contributed by atoms with E-state index < -0.39 is 30.4 Å². The van der Waals surface area contributed by atoms with Crippen molar-refractivity contribution in [2.45, 2.75) is 19.4 Å². The number of carboxylic acids is 2. The highest BCUT2D eigenvalue weighted by molar-refractivity contribution is 6.31. The molecule has 0 bridgehead atoms. The molecule has 0 saturated carbocycles. The van der Waals surface area contributed by atoms with Gasteiger partial charge in [-0.25, -0.2) is 9.59 Å². The first-order valence-electron chi connectivity index (χ1n) is 5.58. The molecule has 1 aromatic carbocycles. The third-order valence-corrected chi connectivity index (χ3v) is 2.82. The van der Waals surface area contributed by atoms with Gasteiger partial charge < -0.3 is 20.8 Å². The molecule has 0 aliphatic heterocycles. The van der Waals surface area contributed by atoms with Gasteiger partial charge in [0.2, 0.25) is 0 Å². The van der Waals surface area contributed by atoms with Gasteiger partial charge in [0, 0.05) is 10.7 Å². The number of anilines is 1. The first-order valence-corrected chi connectivity index (χ1v) is 5.95. The van der Waals surface area contributed by atoms with Crippen LogP contribution < -0.4 is 10.6 Å². The van der Waals surface area contributed by atoms with E-state index in [0.717, 1.165) is 5.56 Å². The van der Waals surface area contributed by atoms with E-state index in [2.05, 4.69) is 10.6 Å². The molecule has 20 heavy (non-hydrogen) atoms. The summed E-state index contributed by atoms with van der Waals surface area (Å²) in [6.07, 6.45) is -0.711. The molecule has 1 atom stereocenters. The van der Waals surface area contributed by atoms with Crippen LogP contribution in [0.3, 0.4) is 0 Å². The largest absolute Gasteiger partial charge is 0.481 e. The van der Waals surface area contributed by atoms with Gasteiger partial charge in [0.25, 0.3) is 0 Å². The fourth-order valence-corrected chi connectivity index (χ4v) is 1.55. The molecule has 0 fully saturated rings. The van der Waals surface area contributed by atoms with Crippen molar-refractivity contribution in [3.05, 3.63) is 28.8 Å². The Kier molecular flexibility index (Phi) is 5.33. The second-order valence-electron chi connectivity index (χ2n) is 4.05. The van der Waals surface area contributed by atoms with Gasteiger partial charge in [-0.15, -0.1) is 0 Å². The Labute approximate surface area is 119 Å². The Hall–Kier alpha value is -2.28. The van der Waals surface area contributed by atoms with Crippen LogP contribution in [0.1, 0.15) is 12.0 Å². The van der Waals surface area contributed by atoms with E-state index in [9.17, 15) is 14.4 Å². The van der Waals surface area contributed by atoms with Crippen molar-refractivity contribution in [1.29, 1.82) is 0 Å². The minimum atomic E-state index is -1.51. The highest BCUT2D eigenvalue weighted by Gasteiger charge is 2.22. The first kappa shape index (κ1) is 15.8. The van der Waals surface area contributed by atoms with Gasteiger partial charge in [0.05, 0.1) is 6.42 Å². The van der Waals surface area contributed by atoms with Gasteiger partial charge >= 0.3 is 18.0 Å². The maximum atomic E-state index is 11.6. The predicted octanol–water partition coefficient (Wildman–Crippen LogP) is 1.70. The van der Waals surface area contributed by atoms with Crippen LogP contribution in [0.5, 0.6) is 0 Å². The Morgan fingerprint density at radius 1 is 1.30 bits per heavy atom. The fraction of sp³-hybridized carbons (Fsp3) is 0.250. The van der Waals surface area contributed by atoms with Crippen LogP contribution in [0.15, 0.2) is 18.2 Å². The fourth-order valence-electron chi connectivity index (χ4n) is 1.37. The highest BCUT2D eigenvalue weighted by atomic mass is 35.5. The smallest absolute Gasteiger partial charge is 0.326 e. The van der Waals surface area contributed by atoms with Crippen LogP contribution in [0.4, 0.5) is 10.5 Å². The zero-order valence-corrected chi connectivity index (χ0v) is 11.3. The molecule has 0 spiro atoms. The number of amides is 2. The predicted molar refractivity (Wildman–Crippen MR) is 72.0 cm³/mol. The minimum absolute atomic E-state index is 0.373. The highest BCUT2D eigenvalue weighted by Crippen LogP contribution is 2.19. The van der Waals surface area contributed by atoms with Gasteiger partial charge in [-0.1, -0.05) is 17.7 Å². The SMILES string of the molecule is Cc1ccc(NC(=O)N[C@H](CC(=O)O)C(=O)O)cc1Cl. The van der Waals surface area contributed by atoms with Crippen molar-refractivity contribution in [2.75, 3.05) is 5.32 Å². The maximum Gasteiger partial charge on any atom is 0.326 e. The number of carbonyl (C=O) groups excluding carboxylic acids is 1. The molecule has 1 rings (SSSR count). The molecule has 4 N–H and O–H groups in total. The molecule has 0 radical (unpaired) electrons. The zero-order chi connectivity index (χ0) is 15.3. The number of rotatable bonds is 5. The lowest BCUT2D eigenvalue weighted by Gasteiger charge is -2.13. The molecule has 7 nitrogen and oxygen atoms in total. The van der Waals surface area contributed by atoms with E-state index in [4.69, 9.17) is 21.8 Å². The number of aryl methyl sites for hydroxylation is 1. The summed E-state index contributed by atoms with van der Waals surface area (Å²) in [5.74, 6) is -2.75. The summed E-state index contributed by atoms with van der Waals surface area (Å²) in [7, 11) is 0. The monoisotopic (exact) mass is 300 g/mol. The zero-order valence-electron chi connectivity index (χ0n) is 10.5. The normalized spacial score (nSPS) is 11.5. The van der Waals surface area contributed by atoms with Crippen LogP contribution in [-0.2, 0) is 9.59 Å². The van der Waals surface area contributed by atoms with Crippen molar-refractivity contribution in [2.24, 2.45) is 0 Å². The molecule has 108 valence electrons. The lowest BCUT2D eigenvalue weighted by Crippen LogP contribution is -2.44. The molecule has 2 amide bonds. The molecule has 0 saturated heterocycles. The number of carbonyl (C=O) groups is 3. The van der Waals surface area contributed by atoms with Gasteiger partial charge in [-0.05, 0) is 24.6 Å². The number of nitrogens with one attached hydrogen (secondary N) is 2. The summed E-state index contributed by atoms with van der Waals surface area (Å²) in [5, 5.41) is 22.2. The number of benzene rings is 1. The van der Waals surface area contributed by atoms with E-state index in [1.807, 2.05) is 0 Å². The van der Waals surface area contributed by atoms with Gasteiger partial charge in [-0.3, -0.25) is 4.79 Å². The van der Waals surface area contributed by atoms with E-state index >= 15 is 0 Å². The van der Waals surface area contributed by atoms with E-state index in [1.54, 1.807) is 19.1 Å². The summed E-state index contributed by atoms with van der Waals surface area (Å²) in [4.78, 5) is 32.9. The minimum Gasteiger partial charge on any atom is -0.481 e. The van der Waals surface area contributed by atoms with Gasteiger partial charge in [0.1, 0.15) is 6.04 Å². The molecule has 0 aliphatic rings. The van der Waals surface area contributed by atoms with Gasteiger partial charge in [0.15, 0.2) is 0 Å². The number of hydrogen-bond acceptors (Lipinski definition) is 3. The standard InChI is InChI=1S/C12H13ClN2O5/c1-6-2-3-7(4-8(6)13)14-12(20)15-9(11(18)19)5-10(16)17/h2-4,9H,5H2,1H3,(H,16,17)(H,18,19)(H2,14,15,20)/t9-/m1/s1. The van der Waals surface area contributed by atoms with Crippen molar-refractivity contribution < 1.29 is 24.6 Å². The van der Waals surface area contributed by atoms with Crippen LogP contribution in [0, 0.1) is 6.92 Å². The summed E-state index contributed by atoms with van der Waals surface area (Å²) in [5.41, 5.74) is 1.20. The van der Waals surface area contributed by atoms with Crippen molar-refractivity contribution in [3.63, 3.8) is 0 Å². The molecular weight excluding hydrogens is 288 g/mol. The number of halogens is 1. The summed E-state index contributed by atoms with van der Waals surface area (Å²) in [6.45, 7) is 1.79. The molecule has 0 heterocycles. The van der Waals surface area contributed by atoms with Crippen molar-refractivity contribution >= 4 is 35.3 Å². The maximum absolute atomic E-state index is 11.6. The second kappa shape index (κ2) is 6.76. The molecule has 0 unspecified atom stereocenters. The van der Waals surface area contributed by atoms with E-state index in [1.165, 1.54) is 6.07 Å². The lowest BCUT2D eigenvalue weighted by molar-refractivity contribution is -0.145.